The number of carbonyl (C=O) groups is 1. The Balaban J connectivity index is 2.03. The Bertz CT molecular complexity index is 480. The maximum absolute atomic E-state index is 12.1. The van der Waals surface area contributed by atoms with Gasteiger partial charge in [-0.1, -0.05) is 0 Å². The van der Waals surface area contributed by atoms with Gasteiger partial charge in [0.2, 0.25) is 5.91 Å². The second-order valence-corrected chi connectivity index (χ2v) is 4.97. The summed E-state index contributed by atoms with van der Waals surface area (Å²) in [7, 11) is 3.66. The molecule has 4 nitrogen and oxygen atoms in total. The summed E-state index contributed by atoms with van der Waals surface area (Å²) in [6, 6.07) is 5.80. The van der Waals surface area contributed by atoms with Gasteiger partial charge in [0.05, 0.1) is 23.9 Å². The molecule has 2 aliphatic rings. The Morgan fingerprint density at radius 1 is 1.41 bits per heavy atom. The van der Waals surface area contributed by atoms with Gasteiger partial charge in [0.15, 0.2) is 0 Å². The Labute approximate surface area is 101 Å². The van der Waals surface area contributed by atoms with E-state index < -0.39 is 0 Å². The predicted molar refractivity (Wildman–Crippen MR) is 66.6 cm³/mol. The molecule has 90 valence electrons. The van der Waals surface area contributed by atoms with Crippen molar-refractivity contribution in [2.75, 3.05) is 30.9 Å². The number of benzene rings is 1. The normalized spacial score (nSPS) is 20.6. The molecule has 17 heavy (non-hydrogen) atoms. The van der Waals surface area contributed by atoms with E-state index in [-0.39, 0.29) is 11.3 Å². The van der Waals surface area contributed by atoms with Gasteiger partial charge >= 0.3 is 0 Å². The second kappa shape index (κ2) is 3.39. The lowest BCUT2D eigenvalue weighted by atomic mass is 10.1. The van der Waals surface area contributed by atoms with Gasteiger partial charge in [-0.15, -0.1) is 0 Å². The molecule has 0 radical (unpaired) electrons. The second-order valence-electron chi connectivity index (χ2n) is 4.97. The largest absolute Gasteiger partial charge is 0.497 e. The first-order chi connectivity index (χ1) is 8.14. The number of ether oxygens (including phenoxy) is 1. The van der Waals surface area contributed by atoms with Gasteiger partial charge < -0.3 is 15.0 Å². The van der Waals surface area contributed by atoms with Gasteiger partial charge in [-0.25, -0.2) is 0 Å². The molecule has 0 saturated heterocycles. The molecule has 1 saturated carbocycles. The molecule has 1 aliphatic carbocycles. The highest BCUT2D eigenvalue weighted by molar-refractivity contribution is 6.01. The van der Waals surface area contributed by atoms with Crippen molar-refractivity contribution in [1.29, 1.82) is 0 Å². The lowest BCUT2D eigenvalue weighted by Gasteiger charge is -2.21. The lowest BCUT2D eigenvalue weighted by Crippen LogP contribution is -2.31. The highest BCUT2D eigenvalue weighted by Crippen LogP contribution is 2.50. The molecule has 1 heterocycles. The van der Waals surface area contributed by atoms with Crippen LogP contribution in [-0.2, 0) is 4.79 Å². The first kappa shape index (κ1) is 10.4. The summed E-state index contributed by atoms with van der Waals surface area (Å²) in [6.07, 6.45) is 1.99. The zero-order chi connectivity index (χ0) is 12.0. The molecule has 0 unspecified atom stereocenters. The summed E-state index contributed by atoms with van der Waals surface area (Å²) >= 11 is 0. The van der Waals surface area contributed by atoms with Gasteiger partial charge in [-0.05, 0) is 25.0 Å². The van der Waals surface area contributed by atoms with E-state index in [1.54, 1.807) is 7.11 Å². The summed E-state index contributed by atoms with van der Waals surface area (Å²) in [6.45, 7) is 0.804. The van der Waals surface area contributed by atoms with Crippen molar-refractivity contribution in [1.82, 2.24) is 0 Å². The summed E-state index contributed by atoms with van der Waals surface area (Å²) in [4.78, 5) is 14.3. The van der Waals surface area contributed by atoms with Crippen LogP contribution in [0.3, 0.4) is 0 Å². The van der Waals surface area contributed by atoms with E-state index in [4.69, 9.17) is 4.74 Å². The number of nitrogens with one attached hydrogen (secondary N) is 1. The monoisotopic (exact) mass is 232 g/mol. The smallest absolute Gasteiger partial charge is 0.232 e. The predicted octanol–water partition coefficient (Wildman–Crippen LogP) is 1.86. The van der Waals surface area contributed by atoms with Crippen LogP contribution in [0.2, 0.25) is 0 Å². The van der Waals surface area contributed by atoms with E-state index in [1.165, 1.54) is 0 Å². The van der Waals surface area contributed by atoms with Crippen molar-refractivity contribution < 1.29 is 9.53 Å². The highest BCUT2D eigenvalue weighted by Gasteiger charge is 2.51. The fraction of sp³-hybridized carbons (Fsp3) is 0.462. The van der Waals surface area contributed by atoms with Gasteiger partial charge in [-0.3, -0.25) is 4.79 Å². The third kappa shape index (κ3) is 1.55. The molecule has 3 rings (SSSR count). The topological polar surface area (TPSA) is 41.6 Å². The molecule has 1 spiro atoms. The summed E-state index contributed by atoms with van der Waals surface area (Å²) in [5.74, 6) is 0.917. The Kier molecular flexibility index (Phi) is 2.08. The average molecular weight is 232 g/mol. The van der Waals surface area contributed by atoms with E-state index in [0.717, 1.165) is 36.5 Å². The number of amides is 1. The first-order valence-electron chi connectivity index (χ1n) is 5.85. The number of fused-ring (bicyclic) bond motifs is 1. The average Bonchev–Trinajstić information content (AvgIpc) is 3.09. The maximum Gasteiger partial charge on any atom is 0.232 e. The van der Waals surface area contributed by atoms with E-state index in [0.29, 0.717) is 0 Å². The molecule has 1 N–H and O–H groups in total. The van der Waals surface area contributed by atoms with E-state index in [9.17, 15) is 4.79 Å². The van der Waals surface area contributed by atoms with Crippen molar-refractivity contribution in [2.24, 2.45) is 5.41 Å². The van der Waals surface area contributed by atoms with Crippen molar-refractivity contribution in [3.05, 3.63) is 18.2 Å². The molecule has 4 heteroatoms. The molecule has 0 bridgehead atoms. The summed E-state index contributed by atoms with van der Waals surface area (Å²) in [5, 5.41) is 3.02. The number of anilines is 2. The minimum Gasteiger partial charge on any atom is -0.497 e. The van der Waals surface area contributed by atoms with Gasteiger partial charge in [-0.2, -0.15) is 0 Å². The fourth-order valence-corrected chi connectivity index (χ4v) is 2.48. The molecule has 1 aromatic carbocycles. The minimum absolute atomic E-state index is 0.149. The molecule has 0 aromatic heterocycles. The van der Waals surface area contributed by atoms with Crippen LogP contribution in [0, 0.1) is 5.41 Å². The first-order valence-corrected chi connectivity index (χ1v) is 5.85. The van der Waals surface area contributed by atoms with Crippen LogP contribution < -0.4 is 15.0 Å². The molecular weight excluding hydrogens is 216 g/mol. The van der Waals surface area contributed by atoms with Crippen LogP contribution in [0.1, 0.15) is 12.8 Å². The van der Waals surface area contributed by atoms with Crippen LogP contribution in [-0.4, -0.2) is 26.6 Å². The summed E-state index contributed by atoms with van der Waals surface area (Å²) in [5.41, 5.74) is 1.75. The molecular formula is C13H16N2O2. The van der Waals surface area contributed by atoms with Gasteiger partial charge in [0.1, 0.15) is 5.75 Å². The van der Waals surface area contributed by atoms with Crippen molar-refractivity contribution in [2.45, 2.75) is 12.8 Å². The van der Waals surface area contributed by atoms with E-state index >= 15 is 0 Å². The lowest BCUT2D eigenvalue weighted by molar-refractivity contribution is -0.120. The van der Waals surface area contributed by atoms with Crippen LogP contribution in [0.15, 0.2) is 18.2 Å². The standard InChI is InChI=1S/C13H16N2O2/c1-15-8-13(5-6-13)12(16)14-10-7-9(17-2)3-4-11(10)15/h3-4,7H,5-6,8H2,1-2H3,(H,14,16). The fourth-order valence-electron chi connectivity index (χ4n) is 2.48. The maximum atomic E-state index is 12.1. The SMILES string of the molecule is COc1ccc2c(c1)NC(=O)C1(CC1)CN2C. The zero-order valence-electron chi connectivity index (χ0n) is 10.1. The summed E-state index contributed by atoms with van der Waals surface area (Å²) < 4.78 is 5.19. The Hall–Kier alpha value is -1.71. The van der Waals surface area contributed by atoms with Crippen LogP contribution in [0.4, 0.5) is 11.4 Å². The van der Waals surface area contributed by atoms with E-state index in [2.05, 4.69) is 10.2 Å². The quantitative estimate of drug-likeness (QED) is 0.803. The van der Waals surface area contributed by atoms with Crippen molar-refractivity contribution >= 4 is 17.3 Å². The Morgan fingerprint density at radius 3 is 2.82 bits per heavy atom. The molecule has 1 aliphatic heterocycles. The highest BCUT2D eigenvalue weighted by atomic mass is 16.5. The van der Waals surface area contributed by atoms with E-state index in [1.807, 2.05) is 25.2 Å². The number of hydrogen-bond donors (Lipinski definition) is 1. The third-order valence-electron chi connectivity index (χ3n) is 3.74. The minimum atomic E-state index is -0.152. The van der Waals surface area contributed by atoms with Crippen molar-refractivity contribution in [3.63, 3.8) is 0 Å². The molecule has 1 amide bonds. The number of hydrogen-bond acceptors (Lipinski definition) is 3. The number of nitrogens with zero attached hydrogens (tertiary/aromatic N) is 1. The zero-order valence-corrected chi connectivity index (χ0v) is 10.1. The Morgan fingerprint density at radius 2 is 2.18 bits per heavy atom. The molecule has 1 aromatic rings. The third-order valence-corrected chi connectivity index (χ3v) is 3.74. The molecule has 0 atom stereocenters. The van der Waals surface area contributed by atoms with Crippen LogP contribution in [0.5, 0.6) is 5.75 Å². The van der Waals surface area contributed by atoms with Gasteiger partial charge in [0.25, 0.3) is 0 Å². The van der Waals surface area contributed by atoms with Crippen molar-refractivity contribution in [3.8, 4) is 5.75 Å². The number of methoxy groups -OCH3 is 1. The van der Waals surface area contributed by atoms with Crippen LogP contribution >= 0.6 is 0 Å². The van der Waals surface area contributed by atoms with Crippen LogP contribution in [0.25, 0.3) is 0 Å². The molecule has 1 fully saturated rings. The number of rotatable bonds is 1. The number of carbonyl (C=O) groups excluding carboxylic acids is 1. The van der Waals surface area contributed by atoms with Gasteiger partial charge in [0, 0.05) is 19.7 Å².